The van der Waals surface area contributed by atoms with Crippen molar-refractivity contribution in [3.05, 3.63) is 89.0 Å². The lowest BCUT2D eigenvalue weighted by Crippen LogP contribution is -2.32. The molecule has 34 heavy (non-hydrogen) atoms. The number of piperidine rings is 1. The summed E-state index contributed by atoms with van der Waals surface area (Å²) >= 11 is 0. The van der Waals surface area contributed by atoms with Crippen LogP contribution in [-0.4, -0.2) is 44.8 Å². The first kappa shape index (κ1) is 23.4. The summed E-state index contributed by atoms with van der Waals surface area (Å²) in [7, 11) is 0. The van der Waals surface area contributed by atoms with E-state index >= 15 is 0 Å². The van der Waals surface area contributed by atoms with E-state index in [1.807, 2.05) is 18.3 Å². The van der Waals surface area contributed by atoms with E-state index < -0.39 is 11.6 Å². The zero-order valence-corrected chi connectivity index (χ0v) is 18.7. The zero-order valence-electron chi connectivity index (χ0n) is 18.7. The van der Waals surface area contributed by atoms with Crippen molar-refractivity contribution in [2.24, 2.45) is 5.16 Å². The van der Waals surface area contributed by atoms with Crippen molar-refractivity contribution in [3.63, 3.8) is 0 Å². The van der Waals surface area contributed by atoms with Gasteiger partial charge in [0.05, 0.1) is 17.6 Å². The van der Waals surface area contributed by atoms with Crippen molar-refractivity contribution in [2.75, 3.05) is 18.4 Å². The maximum Gasteiger partial charge on any atom is 0.221 e. The molecule has 0 spiro atoms. The third-order valence-corrected chi connectivity index (χ3v) is 5.91. The molecule has 1 fully saturated rings. The molecule has 0 unspecified atom stereocenters. The van der Waals surface area contributed by atoms with Gasteiger partial charge < -0.3 is 10.5 Å². The number of amides is 1. The number of halogens is 2. The van der Waals surface area contributed by atoms with Gasteiger partial charge in [-0.3, -0.25) is 19.7 Å². The molecule has 1 aliphatic heterocycles. The predicted molar refractivity (Wildman–Crippen MR) is 124 cm³/mol. The predicted octanol–water partition coefficient (Wildman–Crippen LogP) is 4.32. The molecule has 1 amide bonds. The van der Waals surface area contributed by atoms with Crippen LogP contribution in [0.5, 0.6) is 0 Å². The molecule has 7 nitrogen and oxygen atoms in total. The van der Waals surface area contributed by atoms with Crippen LogP contribution in [0.2, 0.25) is 0 Å². The van der Waals surface area contributed by atoms with E-state index in [9.17, 15) is 18.8 Å². The van der Waals surface area contributed by atoms with Crippen molar-refractivity contribution in [2.45, 2.75) is 32.2 Å². The Hall–Kier alpha value is -3.72. The maximum atomic E-state index is 13.6. The molecule has 2 N–H and O–H groups in total. The number of aromatic nitrogens is 2. The largest absolute Gasteiger partial charge is 0.410 e. The van der Waals surface area contributed by atoms with Crippen LogP contribution in [0.25, 0.3) is 0 Å². The number of carbonyl (C=O) groups is 1. The van der Waals surface area contributed by atoms with E-state index in [4.69, 9.17) is 0 Å². The summed E-state index contributed by atoms with van der Waals surface area (Å²) in [6.45, 7) is 4.03. The maximum absolute atomic E-state index is 13.6. The molecule has 1 aliphatic rings. The second-order valence-electron chi connectivity index (χ2n) is 8.37. The normalized spacial score (nSPS) is 15.3. The van der Waals surface area contributed by atoms with Gasteiger partial charge >= 0.3 is 0 Å². The second kappa shape index (κ2) is 10.5. The van der Waals surface area contributed by atoms with Crippen molar-refractivity contribution in [1.29, 1.82) is 0 Å². The Balaban J connectivity index is 1.36. The second-order valence-corrected chi connectivity index (χ2v) is 8.37. The number of anilines is 1. The number of hydrogen-bond donors (Lipinski definition) is 2. The summed E-state index contributed by atoms with van der Waals surface area (Å²) < 4.78 is 26.8. The number of likely N-dealkylation sites (tertiary alicyclic amines) is 1. The van der Waals surface area contributed by atoms with E-state index in [0.717, 1.165) is 55.7 Å². The molecule has 1 saturated heterocycles. The lowest BCUT2D eigenvalue weighted by Gasteiger charge is -2.32. The Bertz CT molecular complexity index is 1190. The van der Waals surface area contributed by atoms with Crippen molar-refractivity contribution in [3.8, 4) is 0 Å². The molecule has 0 saturated carbocycles. The topological polar surface area (TPSA) is 90.7 Å². The van der Waals surface area contributed by atoms with Gasteiger partial charge in [0.2, 0.25) is 5.91 Å². The molecule has 2 aromatic heterocycles. The third kappa shape index (κ3) is 5.60. The molecule has 0 bridgehead atoms. The fraction of sp³-hybridized carbons (Fsp3) is 0.280. The fourth-order valence-electron chi connectivity index (χ4n) is 4.19. The van der Waals surface area contributed by atoms with Gasteiger partial charge in [-0.25, -0.2) is 8.78 Å². The molecule has 0 aliphatic carbocycles. The minimum absolute atomic E-state index is 0.0707. The molecule has 176 valence electrons. The Kier molecular flexibility index (Phi) is 7.22. The Morgan fingerprint density at radius 2 is 1.91 bits per heavy atom. The average molecular weight is 466 g/mol. The van der Waals surface area contributed by atoms with Crippen molar-refractivity contribution in [1.82, 2.24) is 14.9 Å². The molecule has 3 heterocycles. The van der Waals surface area contributed by atoms with Gasteiger partial charge in [0, 0.05) is 31.4 Å². The van der Waals surface area contributed by atoms with Gasteiger partial charge in [-0.15, -0.1) is 0 Å². The van der Waals surface area contributed by atoms with Gasteiger partial charge in [-0.1, -0.05) is 11.2 Å². The highest BCUT2D eigenvalue weighted by atomic mass is 19.2. The quantitative estimate of drug-likeness (QED) is 0.322. The molecule has 0 radical (unpaired) electrons. The number of nitrogens with one attached hydrogen (secondary N) is 1. The van der Waals surface area contributed by atoms with Gasteiger partial charge in [-0.05, 0) is 73.3 Å². The van der Waals surface area contributed by atoms with Crippen LogP contribution in [0.4, 0.5) is 14.5 Å². The van der Waals surface area contributed by atoms with Gasteiger partial charge in [0.15, 0.2) is 11.6 Å². The summed E-state index contributed by atoms with van der Waals surface area (Å²) in [6.07, 6.45) is 7.17. The minimum atomic E-state index is -1.02. The van der Waals surface area contributed by atoms with Crippen LogP contribution in [0.3, 0.4) is 0 Å². The Morgan fingerprint density at radius 3 is 2.56 bits per heavy atom. The molecule has 1 aromatic carbocycles. The zero-order chi connectivity index (χ0) is 24.1. The first-order valence-electron chi connectivity index (χ1n) is 11.0. The number of pyridine rings is 2. The van der Waals surface area contributed by atoms with Crippen molar-refractivity contribution >= 4 is 17.3 Å². The first-order chi connectivity index (χ1) is 16.4. The van der Waals surface area contributed by atoms with Gasteiger partial charge in [0.1, 0.15) is 5.71 Å². The third-order valence-electron chi connectivity index (χ3n) is 5.91. The van der Waals surface area contributed by atoms with E-state index in [1.165, 1.54) is 13.0 Å². The highest BCUT2D eigenvalue weighted by Crippen LogP contribution is 2.29. The van der Waals surface area contributed by atoms with E-state index in [0.29, 0.717) is 17.3 Å². The van der Waals surface area contributed by atoms with Crippen LogP contribution in [0.1, 0.15) is 48.1 Å². The summed E-state index contributed by atoms with van der Waals surface area (Å²) in [6, 6.07) is 8.89. The van der Waals surface area contributed by atoms with Gasteiger partial charge in [0.25, 0.3) is 0 Å². The van der Waals surface area contributed by atoms with Crippen LogP contribution in [0.15, 0.2) is 60.1 Å². The average Bonchev–Trinajstić information content (AvgIpc) is 2.83. The number of rotatable bonds is 6. The molecular formula is C25H25F2N5O2. The van der Waals surface area contributed by atoms with Gasteiger partial charge in [-0.2, -0.15) is 0 Å². The van der Waals surface area contributed by atoms with Crippen LogP contribution < -0.4 is 5.32 Å². The number of nitrogens with zero attached hydrogens (tertiary/aromatic N) is 4. The molecule has 0 atom stereocenters. The lowest BCUT2D eigenvalue weighted by atomic mass is 9.90. The summed E-state index contributed by atoms with van der Waals surface area (Å²) in [5.74, 6) is -1.71. The fourth-order valence-corrected chi connectivity index (χ4v) is 4.19. The highest BCUT2D eigenvalue weighted by Gasteiger charge is 2.21. The summed E-state index contributed by atoms with van der Waals surface area (Å²) in [5.41, 5.74) is 3.52. The Morgan fingerprint density at radius 1 is 1.12 bits per heavy atom. The molecule has 4 rings (SSSR count). The number of oxime groups is 1. The van der Waals surface area contributed by atoms with Crippen LogP contribution in [-0.2, 0) is 11.3 Å². The summed E-state index contributed by atoms with van der Waals surface area (Å²) in [4.78, 5) is 22.3. The van der Waals surface area contributed by atoms with Crippen LogP contribution >= 0.6 is 0 Å². The Labute approximate surface area is 196 Å². The minimum Gasteiger partial charge on any atom is -0.410 e. The highest BCUT2D eigenvalue weighted by molar-refractivity contribution is 6.11. The van der Waals surface area contributed by atoms with E-state index in [1.54, 1.807) is 18.5 Å². The first-order valence-corrected chi connectivity index (χ1v) is 11.0. The molecule has 3 aromatic rings. The standard InChI is InChI=1S/C25H25F2N5O2/c1-16(33)30-21-10-20(13-28-14-21)18-6-8-32(9-7-18)15-17-2-5-24(29-12-17)25(31-34)19-3-4-22(26)23(27)11-19/h2-5,10-14,18,34H,6-9,15H2,1H3,(H,30,33)/b31-25-. The lowest BCUT2D eigenvalue weighted by molar-refractivity contribution is -0.114. The summed E-state index contributed by atoms with van der Waals surface area (Å²) in [5, 5.41) is 15.4. The smallest absolute Gasteiger partial charge is 0.221 e. The van der Waals surface area contributed by atoms with E-state index in [2.05, 4.69) is 25.3 Å². The monoisotopic (exact) mass is 465 g/mol. The SMILES string of the molecule is CC(=O)Nc1cncc(C2CCN(Cc3ccc(/C(=N\O)c4ccc(F)c(F)c4)nc3)CC2)c1. The molecular weight excluding hydrogens is 440 g/mol. The number of carbonyl (C=O) groups excluding carboxylic acids is 1. The number of hydrogen-bond acceptors (Lipinski definition) is 6. The molecule has 9 heteroatoms. The van der Waals surface area contributed by atoms with E-state index in [-0.39, 0.29) is 17.2 Å². The number of benzene rings is 1. The van der Waals surface area contributed by atoms with Crippen molar-refractivity contribution < 1.29 is 18.8 Å². The van der Waals surface area contributed by atoms with Crippen LogP contribution in [0, 0.1) is 11.6 Å².